The molecule has 9 rings (SSSR count). The van der Waals surface area contributed by atoms with E-state index >= 15 is 0 Å². The third kappa shape index (κ3) is 7.25. The summed E-state index contributed by atoms with van der Waals surface area (Å²) in [5, 5.41) is 7.16. The summed E-state index contributed by atoms with van der Waals surface area (Å²) in [5.41, 5.74) is 2.23. The number of amides is 2. The molecule has 7 heterocycles. The van der Waals surface area contributed by atoms with Gasteiger partial charge in [-0.3, -0.25) is 19.0 Å². The summed E-state index contributed by atoms with van der Waals surface area (Å²) in [7, 11) is 0. The van der Waals surface area contributed by atoms with Crippen LogP contribution in [0.25, 0.3) is 16.5 Å². The largest absolute Gasteiger partial charge is 0.485 e. The molecule has 1 N–H and O–H groups in total. The van der Waals surface area contributed by atoms with Gasteiger partial charge in [-0.2, -0.15) is 22.7 Å². The number of ether oxygens (including phenoxy) is 2. The number of aryl methyl sites for hydroxylation is 1. The van der Waals surface area contributed by atoms with Crippen molar-refractivity contribution in [1.82, 2.24) is 34.0 Å². The summed E-state index contributed by atoms with van der Waals surface area (Å²) in [4.78, 5) is 61.6. The number of alkyl halides is 3. The molecule has 60 heavy (non-hydrogen) atoms. The average molecular weight is 860 g/mol. The number of piperazine rings is 1. The zero-order chi connectivity index (χ0) is 41.9. The molecule has 4 aromatic heterocycles. The van der Waals surface area contributed by atoms with Crippen LogP contribution in [0.5, 0.6) is 5.75 Å². The molecule has 2 aromatic carbocycles. The van der Waals surface area contributed by atoms with Crippen LogP contribution in [0.15, 0.2) is 65.7 Å². The van der Waals surface area contributed by atoms with E-state index in [0.29, 0.717) is 41.9 Å². The van der Waals surface area contributed by atoms with Crippen molar-refractivity contribution in [3.63, 3.8) is 0 Å². The van der Waals surface area contributed by atoms with Crippen molar-refractivity contribution >= 4 is 51.9 Å². The number of halogens is 4. The summed E-state index contributed by atoms with van der Waals surface area (Å²) in [6.07, 6.45) is -2.30. The molecule has 0 bridgehead atoms. The zero-order valence-electron chi connectivity index (χ0n) is 32.3. The lowest BCUT2D eigenvalue weighted by Crippen LogP contribution is -2.51. The molecule has 0 saturated carbocycles. The van der Waals surface area contributed by atoms with Crippen LogP contribution in [0.3, 0.4) is 0 Å². The normalized spacial score (nSPS) is 17.8. The van der Waals surface area contributed by atoms with Crippen LogP contribution >= 0.6 is 22.9 Å². The fraction of sp³-hybridized carbons (Fsp3) is 0.341. The molecule has 310 valence electrons. The van der Waals surface area contributed by atoms with Crippen LogP contribution in [-0.2, 0) is 35.3 Å². The van der Waals surface area contributed by atoms with Gasteiger partial charge in [-0.25, -0.2) is 9.97 Å². The predicted molar refractivity (Wildman–Crippen MR) is 217 cm³/mol. The molecule has 2 atom stereocenters. The van der Waals surface area contributed by atoms with Crippen molar-refractivity contribution < 1.29 is 32.2 Å². The monoisotopic (exact) mass is 859 g/mol. The number of fused-ring (bicyclic) bond motifs is 4. The second-order valence-electron chi connectivity index (χ2n) is 14.9. The van der Waals surface area contributed by atoms with E-state index in [2.05, 4.69) is 15.3 Å². The van der Waals surface area contributed by atoms with Crippen LogP contribution in [0.1, 0.15) is 68.7 Å². The first-order chi connectivity index (χ1) is 28.9. The molecular weight excluding hydrogens is 823 g/mol. The smallest absolute Gasteiger partial charge is 0.416 e. The number of hydrogen-bond donors (Lipinski definition) is 1. The Morgan fingerprint density at radius 2 is 1.85 bits per heavy atom. The molecule has 19 heteroatoms. The fourth-order valence-corrected chi connectivity index (χ4v) is 9.36. The van der Waals surface area contributed by atoms with Crippen LogP contribution in [0, 0.1) is 6.92 Å². The van der Waals surface area contributed by atoms with Gasteiger partial charge in [0, 0.05) is 37.0 Å². The summed E-state index contributed by atoms with van der Waals surface area (Å²) in [6, 6.07) is 13.4. The highest BCUT2D eigenvalue weighted by Gasteiger charge is 2.41. The van der Waals surface area contributed by atoms with E-state index in [1.165, 1.54) is 22.2 Å². The Hall–Kier alpha value is -5.85. The van der Waals surface area contributed by atoms with Gasteiger partial charge in [0.05, 0.1) is 45.8 Å². The number of benzene rings is 2. The van der Waals surface area contributed by atoms with E-state index in [9.17, 15) is 27.6 Å². The van der Waals surface area contributed by atoms with Crippen molar-refractivity contribution in [3.05, 3.63) is 115 Å². The molecule has 1 fully saturated rings. The maximum absolute atomic E-state index is 14.7. The molecule has 2 amide bonds. The van der Waals surface area contributed by atoms with Gasteiger partial charge in [-0.15, -0.1) is 16.4 Å². The van der Waals surface area contributed by atoms with Gasteiger partial charge >= 0.3 is 6.18 Å². The van der Waals surface area contributed by atoms with Crippen molar-refractivity contribution in [2.45, 2.75) is 58.0 Å². The molecule has 0 aliphatic carbocycles. The number of aromatic nitrogens is 6. The third-order valence-electron chi connectivity index (χ3n) is 11.1. The van der Waals surface area contributed by atoms with E-state index in [1.807, 2.05) is 48.2 Å². The first-order valence-corrected chi connectivity index (χ1v) is 20.5. The van der Waals surface area contributed by atoms with Crippen molar-refractivity contribution in [2.75, 3.05) is 43.0 Å². The second-order valence-corrected chi connectivity index (χ2v) is 16.5. The first-order valence-electron chi connectivity index (χ1n) is 19.3. The minimum atomic E-state index is -4.62. The molecule has 14 nitrogen and oxygen atoms in total. The highest BCUT2D eigenvalue weighted by molar-refractivity contribution is 7.15. The quantitative estimate of drug-likeness (QED) is 0.176. The predicted octanol–water partition coefficient (Wildman–Crippen LogP) is 6.69. The van der Waals surface area contributed by atoms with Gasteiger partial charge < -0.3 is 24.6 Å². The number of nitrogens with one attached hydrogen (secondary N) is 1. The van der Waals surface area contributed by atoms with E-state index in [0.717, 1.165) is 45.5 Å². The lowest BCUT2D eigenvalue weighted by Gasteiger charge is -2.36. The third-order valence-corrected chi connectivity index (χ3v) is 12.5. The number of anilines is 2. The Bertz CT molecular complexity index is 2690. The molecule has 3 aliphatic rings. The van der Waals surface area contributed by atoms with E-state index in [1.54, 1.807) is 16.4 Å². The van der Waals surface area contributed by atoms with Crippen molar-refractivity contribution in [3.8, 4) is 16.5 Å². The fourth-order valence-electron chi connectivity index (χ4n) is 8.05. The maximum atomic E-state index is 14.7. The van der Waals surface area contributed by atoms with E-state index < -0.39 is 29.2 Å². The van der Waals surface area contributed by atoms with Crippen LogP contribution < -0.4 is 20.5 Å². The lowest BCUT2D eigenvalue weighted by molar-refractivity contribution is -0.137. The molecule has 3 aliphatic heterocycles. The van der Waals surface area contributed by atoms with Gasteiger partial charge in [0.2, 0.25) is 11.7 Å². The van der Waals surface area contributed by atoms with Gasteiger partial charge in [0.25, 0.3) is 11.5 Å². The molecule has 0 radical (unpaired) electrons. The minimum Gasteiger partial charge on any atom is -0.485 e. The summed E-state index contributed by atoms with van der Waals surface area (Å²) in [6.45, 7) is 5.97. The minimum absolute atomic E-state index is 0.00916. The highest BCUT2D eigenvalue weighted by atomic mass is 35.5. The summed E-state index contributed by atoms with van der Waals surface area (Å²) >= 11 is 7.74. The SMILES string of the molecule is Cc1ncnc(C(=O)N2CCN(c3c4n(c5nc(-c6cc7c(s6)COCC7)nn5c3=O)C(C(=O)Nc3ccc(C(F)(F)F)cc3Cl)CC4C)CC2)c1OCc1ccccc1. The second kappa shape index (κ2) is 15.6. The summed E-state index contributed by atoms with van der Waals surface area (Å²) < 4.78 is 54.9. The number of carbonyl (C=O) groups excluding carboxylic acids is 2. The molecule has 2 unspecified atom stereocenters. The number of thiophene rings is 1. The lowest BCUT2D eigenvalue weighted by atomic mass is 10.0. The van der Waals surface area contributed by atoms with Crippen LogP contribution in [0.2, 0.25) is 5.02 Å². The van der Waals surface area contributed by atoms with Gasteiger partial charge in [-0.05, 0) is 55.2 Å². The number of nitrogens with zero attached hydrogens (tertiary/aromatic N) is 8. The Balaban J connectivity index is 1.05. The standard InChI is InChI=1S/C41H37ClF3N9O5S/c1-22-16-29(37(55)48-28-9-8-26(18-27(28)42)41(43,44)45)53-33(22)34(39(57)54-40(53)49-36(50-54)30-17-25-10-15-58-20-31(25)60-30)51-11-13-52(14-12-51)38(56)32-35(23(2)46-21-47-32)59-19-24-6-4-3-5-7-24/h3-9,17-18,21-22,29H,10-16,19-20H2,1-2H3,(H,48,55). The number of hydrogen-bond acceptors (Lipinski definition) is 11. The van der Waals surface area contributed by atoms with Crippen LogP contribution in [-0.4, -0.2) is 78.6 Å². The Kier molecular flexibility index (Phi) is 10.3. The van der Waals surface area contributed by atoms with E-state index in [-0.39, 0.29) is 73.2 Å². The molecule has 1 saturated heterocycles. The van der Waals surface area contributed by atoms with Crippen molar-refractivity contribution in [1.29, 1.82) is 0 Å². The first kappa shape index (κ1) is 39.6. The Morgan fingerprint density at radius 1 is 1.07 bits per heavy atom. The topological polar surface area (TPSA) is 149 Å². The highest BCUT2D eigenvalue weighted by Crippen LogP contribution is 2.43. The maximum Gasteiger partial charge on any atom is 0.416 e. The number of rotatable bonds is 8. The Morgan fingerprint density at radius 3 is 2.58 bits per heavy atom. The van der Waals surface area contributed by atoms with Gasteiger partial charge in [-0.1, -0.05) is 48.9 Å². The van der Waals surface area contributed by atoms with E-state index in [4.69, 9.17) is 31.2 Å². The molecular formula is C41H37ClF3N9O5S. The Labute approximate surface area is 349 Å². The number of carbonyl (C=O) groups is 2. The molecule has 0 spiro atoms. The van der Waals surface area contributed by atoms with Gasteiger partial charge in [0.1, 0.15) is 24.7 Å². The molecule has 6 aromatic rings. The van der Waals surface area contributed by atoms with Gasteiger partial charge in [0.15, 0.2) is 17.3 Å². The zero-order valence-corrected chi connectivity index (χ0v) is 33.9. The average Bonchev–Trinajstić information content (AvgIpc) is 3.97. The van der Waals surface area contributed by atoms with Crippen LogP contribution in [0.4, 0.5) is 24.5 Å². The van der Waals surface area contributed by atoms with Crippen molar-refractivity contribution in [2.24, 2.45) is 0 Å². The summed E-state index contributed by atoms with van der Waals surface area (Å²) in [5.74, 6) is -0.465.